The molecule has 0 aromatic carbocycles. The number of carboxylic acid groups (broad SMARTS) is 1. The third-order valence-corrected chi connectivity index (χ3v) is 6.21. The molecule has 28 heavy (non-hydrogen) atoms. The number of piperidine rings is 1. The van der Waals surface area contributed by atoms with Crippen LogP contribution in [0.5, 0.6) is 0 Å². The molecule has 1 aromatic heterocycles. The number of likely N-dealkylation sites (N-methyl/N-ethyl adjacent to an activating group) is 1. The van der Waals surface area contributed by atoms with Crippen LogP contribution in [0.2, 0.25) is 0 Å². The van der Waals surface area contributed by atoms with Gasteiger partial charge < -0.3 is 19.8 Å². The summed E-state index contributed by atoms with van der Waals surface area (Å²) in [6, 6.07) is 2.39. The Bertz CT molecular complexity index is 649. The number of nitrogens with zero attached hydrogens (tertiary/aromatic N) is 6. The Morgan fingerprint density at radius 2 is 2.04 bits per heavy atom. The third-order valence-electron chi connectivity index (χ3n) is 6.21. The van der Waals surface area contributed by atoms with E-state index in [0.717, 1.165) is 64.0 Å². The van der Waals surface area contributed by atoms with Gasteiger partial charge in [0.2, 0.25) is 5.95 Å². The van der Waals surface area contributed by atoms with Crippen molar-refractivity contribution in [1.29, 1.82) is 0 Å². The highest BCUT2D eigenvalue weighted by Crippen LogP contribution is 2.29. The minimum Gasteiger partial charge on any atom is -0.481 e. The predicted molar refractivity (Wildman–Crippen MR) is 111 cm³/mol. The molecule has 0 spiro atoms. The molecule has 3 heterocycles. The first-order chi connectivity index (χ1) is 13.5. The van der Waals surface area contributed by atoms with Crippen LogP contribution in [-0.4, -0.2) is 96.8 Å². The Labute approximate surface area is 168 Å². The fourth-order valence-electron chi connectivity index (χ4n) is 4.29. The zero-order valence-electron chi connectivity index (χ0n) is 17.4. The summed E-state index contributed by atoms with van der Waals surface area (Å²) in [7, 11) is 4.20. The molecule has 1 aromatic rings. The summed E-state index contributed by atoms with van der Waals surface area (Å²) in [6.45, 7) is 9.04. The molecule has 0 unspecified atom stereocenters. The van der Waals surface area contributed by atoms with E-state index in [4.69, 9.17) is 4.98 Å². The minimum atomic E-state index is -0.711. The van der Waals surface area contributed by atoms with Crippen molar-refractivity contribution >= 4 is 17.7 Å². The SMILES string of the molecule is CCN(C)c1ccnc(N2CC[C@H](N3CCN(C)CC3)[C@H](CCC(=O)O)C2)n1. The standard InChI is InChI=1S/C20H34N6O2/c1-4-24(3)18-7-9-21-20(22-18)26-10-8-17(16(15-26)5-6-19(27)28)25-13-11-23(2)12-14-25/h7,9,16-17H,4-6,8,10-15H2,1-3H3,(H,27,28)/t16-,17+/m1/s1. The van der Waals surface area contributed by atoms with Crippen molar-refractivity contribution in [2.24, 2.45) is 5.92 Å². The van der Waals surface area contributed by atoms with Gasteiger partial charge in [-0.2, -0.15) is 4.98 Å². The molecule has 1 N–H and O–H groups in total. The van der Waals surface area contributed by atoms with Crippen molar-refractivity contribution in [1.82, 2.24) is 19.8 Å². The molecule has 3 rings (SSSR count). The van der Waals surface area contributed by atoms with Gasteiger partial charge in [0.15, 0.2) is 0 Å². The zero-order chi connectivity index (χ0) is 20.1. The van der Waals surface area contributed by atoms with Gasteiger partial charge in [-0.1, -0.05) is 0 Å². The fraction of sp³-hybridized carbons (Fsp3) is 0.750. The maximum absolute atomic E-state index is 11.2. The van der Waals surface area contributed by atoms with Gasteiger partial charge >= 0.3 is 5.97 Å². The van der Waals surface area contributed by atoms with Gasteiger partial charge in [0.1, 0.15) is 5.82 Å². The van der Waals surface area contributed by atoms with E-state index in [2.05, 4.69) is 38.6 Å². The summed E-state index contributed by atoms with van der Waals surface area (Å²) in [5.41, 5.74) is 0. The number of carboxylic acids is 1. The van der Waals surface area contributed by atoms with Gasteiger partial charge in [-0.25, -0.2) is 4.98 Å². The molecule has 0 amide bonds. The Morgan fingerprint density at radius 3 is 2.71 bits per heavy atom. The molecule has 2 fully saturated rings. The Morgan fingerprint density at radius 1 is 1.29 bits per heavy atom. The van der Waals surface area contributed by atoms with Crippen LogP contribution in [0.1, 0.15) is 26.2 Å². The van der Waals surface area contributed by atoms with Gasteiger partial charge in [0, 0.05) is 71.5 Å². The minimum absolute atomic E-state index is 0.224. The molecule has 2 atom stereocenters. The van der Waals surface area contributed by atoms with E-state index in [1.165, 1.54) is 0 Å². The van der Waals surface area contributed by atoms with Gasteiger partial charge in [-0.3, -0.25) is 9.69 Å². The molecule has 8 nitrogen and oxygen atoms in total. The van der Waals surface area contributed by atoms with Crippen LogP contribution in [-0.2, 0) is 4.79 Å². The van der Waals surface area contributed by atoms with Crippen LogP contribution in [0, 0.1) is 5.92 Å². The first-order valence-corrected chi connectivity index (χ1v) is 10.4. The van der Waals surface area contributed by atoms with E-state index in [1.54, 1.807) is 0 Å². The van der Waals surface area contributed by atoms with Crippen molar-refractivity contribution in [2.75, 3.05) is 69.7 Å². The average molecular weight is 391 g/mol. The lowest BCUT2D eigenvalue weighted by Crippen LogP contribution is -2.56. The molecule has 0 radical (unpaired) electrons. The first-order valence-electron chi connectivity index (χ1n) is 10.4. The number of hydrogen-bond acceptors (Lipinski definition) is 7. The molecular formula is C20H34N6O2. The number of rotatable bonds is 7. The molecule has 0 saturated carbocycles. The number of aromatic nitrogens is 2. The highest BCUT2D eigenvalue weighted by molar-refractivity contribution is 5.66. The lowest BCUT2D eigenvalue weighted by Gasteiger charge is -2.46. The third kappa shape index (κ3) is 5.11. The number of piperazine rings is 1. The van der Waals surface area contributed by atoms with E-state index in [-0.39, 0.29) is 6.42 Å². The van der Waals surface area contributed by atoms with E-state index in [1.807, 2.05) is 19.3 Å². The van der Waals surface area contributed by atoms with E-state index in [0.29, 0.717) is 18.4 Å². The van der Waals surface area contributed by atoms with Crippen molar-refractivity contribution in [3.05, 3.63) is 12.3 Å². The topological polar surface area (TPSA) is 76.0 Å². The summed E-state index contributed by atoms with van der Waals surface area (Å²) in [4.78, 5) is 29.7. The second-order valence-corrected chi connectivity index (χ2v) is 8.06. The largest absolute Gasteiger partial charge is 0.481 e. The van der Waals surface area contributed by atoms with E-state index in [9.17, 15) is 9.90 Å². The maximum Gasteiger partial charge on any atom is 0.303 e. The number of aliphatic carboxylic acids is 1. The molecular weight excluding hydrogens is 356 g/mol. The molecule has 8 heteroatoms. The van der Waals surface area contributed by atoms with Crippen LogP contribution in [0.4, 0.5) is 11.8 Å². The molecule has 0 bridgehead atoms. The predicted octanol–water partition coefficient (Wildman–Crippen LogP) is 1.24. The molecule has 2 aliphatic rings. The molecule has 156 valence electrons. The fourth-order valence-corrected chi connectivity index (χ4v) is 4.29. The summed E-state index contributed by atoms with van der Waals surface area (Å²) in [5.74, 6) is 1.30. The van der Waals surface area contributed by atoms with Crippen molar-refractivity contribution in [3.8, 4) is 0 Å². The summed E-state index contributed by atoms with van der Waals surface area (Å²) in [5, 5.41) is 9.22. The Hall–Kier alpha value is -1.93. The summed E-state index contributed by atoms with van der Waals surface area (Å²) < 4.78 is 0. The zero-order valence-corrected chi connectivity index (χ0v) is 17.4. The van der Waals surface area contributed by atoms with Crippen LogP contribution >= 0.6 is 0 Å². The van der Waals surface area contributed by atoms with E-state index >= 15 is 0 Å². The number of hydrogen-bond donors (Lipinski definition) is 1. The first kappa shape index (κ1) is 20.8. The normalized spacial score (nSPS) is 24.3. The van der Waals surface area contributed by atoms with Gasteiger partial charge in [-0.05, 0) is 38.8 Å². The quantitative estimate of drug-likeness (QED) is 0.745. The van der Waals surface area contributed by atoms with Gasteiger partial charge in [0.05, 0.1) is 0 Å². The van der Waals surface area contributed by atoms with Gasteiger partial charge in [0.25, 0.3) is 0 Å². The Balaban J connectivity index is 1.72. The second kappa shape index (κ2) is 9.52. The maximum atomic E-state index is 11.2. The highest BCUT2D eigenvalue weighted by atomic mass is 16.4. The molecule has 2 aliphatic heterocycles. The summed E-state index contributed by atoms with van der Waals surface area (Å²) >= 11 is 0. The van der Waals surface area contributed by atoms with Crippen LogP contribution in [0.25, 0.3) is 0 Å². The number of anilines is 2. The summed E-state index contributed by atoms with van der Waals surface area (Å²) in [6.07, 6.45) is 3.79. The lowest BCUT2D eigenvalue weighted by molar-refractivity contribution is -0.137. The monoisotopic (exact) mass is 390 g/mol. The van der Waals surface area contributed by atoms with Gasteiger partial charge in [-0.15, -0.1) is 0 Å². The van der Waals surface area contributed by atoms with Crippen LogP contribution in [0.15, 0.2) is 12.3 Å². The highest BCUT2D eigenvalue weighted by Gasteiger charge is 2.35. The molecule has 0 aliphatic carbocycles. The second-order valence-electron chi connectivity index (χ2n) is 8.06. The van der Waals surface area contributed by atoms with Crippen LogP contribution in [0.3, 0.4) is 0 Å². The number of carbonyl (C=O) groups is 1. The van der Waals surface area contributed by atoms with Crippen molar-refractivity contribution in [2.45, 2.75) is 32.2 Å². The smallest absolute Gasteiger partial charge is 0.303 e. The van der Waals surface area contributed by atoms with E-state index < -0.39 is 5.97 Å². The van der Waals surface area contributed by atoms with Crippen molar-refractivity contribution in [3.63, 3.8) is 0 Å². The lowest BCUT2D eigenvalue weighted by atomic mass is 9.86. The van der Waals surface area contributed by atoms with Crippen molar-refractivity contribution < 1.29 is 9.90 Å². The average Bonchev–Trinajstić information content (AvgIpc) is 2.72. The van der Waals surface area contributed by atoms with Crippen LogP contribution < -0.4 is 9.80 Å². The molecule has 2 saturated heterocycles. The Kier molecular flexibility index (Phi) is 7.07.